The van der Waals surface area contributed by atoms with Gasteiger partial charge in [-0.25, -0.2) is 0 Å². The van der Waals surface area contributed by atoms with E-state index in [0.717, 1.165) is 23.3 Å². The van der Waals surface area contributed by atoms with Gasteiger partial charge in [0.2, 0.25) is 0 Å². The zero-order valence-corrected chi connectivity index (χ0v) is 10.9. The van der Waals surface area contributed by atoms with Crippen molar-refractivity contribution >= 4 is 0 Å². The molecule has 18 heavy (non-hydrogen) atoms. The van der Waals surface area contributed by atoms with Crippen LogP contribution in [0.4, 0.5) is 0 Å². The fourth-order valence-electron chi connectivity index (χ4n) is 2.03. The van der Waals surface area contributed by atoms with E-state index in [1.807, 2.05) is 24.3 Å². The number of hydrogen-bond acceptors (Lipinski definition) is 2. The molecular weight excluding hydrogens is 222 g/mol. The molecule has 0 saturated carbocycles. The maximum absolute atomic E-state index is 6.31. The van der Waals surface area contributed by atoms with Crippen molar-refractivity contribution in [2.24, 2.45) is 5.73 Å². The molecule has 94 valence electrons. The smallest absolute Gasteiger partial charge is 0.119 e. The summed E-state index contributed by atoms with van der Waals surface area (Å²) in [6.07, 6.45) is 1.03. The van der Waals surface area contributed by atoms with Gasteiger partial charge in [-0.1, -0.05) is 43.3 Å². The highest BCUT2D eigenvalue weighted by atomic mass is 16.5. The van der Waals surface area contributed by atoms with Gasteiger partial charge in [-0.2, -0.15) is 0 Å². The largest absolute Gasteiger partial charge is 0.497 e. The molecule has 0 aliphatic rings. The Balaban J connectivity index is 2.31. The summed E-state index contributed by atoms with van der Waals surface area (Å²) in [5.74, 6) is 0.842. The number of hydrogen-bond donors (Lipinski definition) is 1. The van der Waals surface area contributed by atoms with Gasteiger partial charge in [-0.05, 0) is 35.2 Å². The third-order valence-electron chi connectivity index (χ3n) is 3.17. The quantitative estimate of drug-likeness (QED) is 0.891. The Hall–Kier alpha value is -1.80. The first kappa shape index (κ1) is 12.7. The number of methoxy groups -OCH3 is 1. The second-order valence-corrected chi connectivity index (χ2v) is 4.35. The van der Waals surface area contributed by atoms with E-state index in [-0.39, 0.29) is 6.04 Å². The topological polar surface area (TPSA) is 35.2 Å². The number of nitrogens with two attached hydrogens (primary N) is 1. The van der Waals surface area contributed by atoms with Crippen LogP contribution in [-0.2, 0) is 6.42 Å². The SMILES string of the molecule is CCc1cccc(C(N)c2cccc(OC)c2)c1. The molecule has 0 aliphatic heterocycles. The Kier molecular flexibility index (Phi) is 4.00. The predicted molar refractivity (Wildman–Crippen MR) is 74.8 cm³/mol. The highest BCUT2D eigenvalue weighted by Crippen LogP contribution is 2.23. The molecule has 2 aromatic carbocycles. The average molecular weight is 241 g/mol. The molecule has 0 amide bonds. The minimum Gasteiger partial charge on any atom is -0.497 e. The molecule has 1 unspecified atom stereocenters. The van der Waals surface area contributed by atoms with Gasteiger partial charge in [-0.15, -0.1) is 0 Å². The maximum Gasteiger partial charge on any atom is 0.119 e. The molecule has 0 aliphatic carbocycles. The lowest BCUT2D eigenvalue weighted by atomic mass is 9.97. The first-order valence-corrected chi connectivity index (χ1v) is 6.23. The summed E-state index contributed by atoms with van der Waals surface area (Å²) >= 11 is 0. The Bertz CT molecular complexity index is 475. The molecule has 0 heterocycles. The van der Waals surface area contributed by atoms with E-state index < -0.39 is 0 Å². The molecule has 0 aromatic heterocycles. The first-order chi connectivity index (χ1) is 8.74. The zero-order chi connectivity index (χ0) is 13.0. The summed E-state index contributed by atoms with van der Waals surface area (Å²) in [4.78, 5) is 0. The minimum absolute atomic E-state index is 0.105. The van der Waals surface area contributed by atoms with Gasteiger partial charge in [0.1, 0.15) is 5.75 Å². The molecule has 0 saturated heterocycles. The predicted octanol–water partition coefficient (Wildman–Crippen LogP) is 3.31. The van der Waals surface area contributed by atoms with Crippen molar-refractivity contribution in [3.05, 3.63) is 65.2 Å². The third kappa shape index (κ3) is 2.71. The fraction of sp³-hybridized carbons (Fsp3) is 0.250. The Morgan fingerprint density at radius 1 is 1.06 bits per heavy atom. The van der Waals surface area contributed by atoms with E-state index in [1.54, 1.807) is 7.11 Å². The lowest BCUT2D eigenvalue weighted by Crippen LogP contribution is -2.12. The maximum atomic E-state index is 6.31. The molecule has 2 nitrogen and oxygen atoms in total. The van der Waals surface area contributed by atoms with Crippen molar-refractivity contribution < 1.29 is 4.74 Å². The molecule has 2 rings (SSSR count). The van der Waals surface area contributed by atoms with E-state index in [0.29, 0.717) is 0 Å². The molecule has 0 spiro atoms. The standard InChI is InChI=1S/C16H19NO/c1-3-12-6-4-7-13(10-12)16(17)14-8-5-9-15(11-14)18-2/h4-11,16H,3,17H2,1-2H3. The normalized spacial score (nSPS) is 12.2. The van der Waals surface area contributed by atoms with Gasteiger partial charge in [0.05, 0.1) is 13.2 Å². The van der Waals surface area contributed by atoms with Crippen LogP contribution in [0.5, 0.6) is 5.75 Å². The van der Waals surface area contributed by atoms with Crippen molar-refractivity contribution in [3.8, 4) is 5.75 Å². The Labute approximate surface area is 108 Å². The number of benzene rings is 2. The van der Waals surface area contributed by atoms with Crippen molar-refractivity contribution in [2.45, 2.75) is 19.4 Å². The van der Waals surface area contributed by atoms with Crippen LogP contribution in [0.3, 0.4) is 0 Å². The van der Waals surface area contributed by atoms with Crippen LogP contribution in [0, 0.1) is 0 Å². The second kappa shape index (κ2) is 5.69. The van der Waals surface area contributed by atoms with Crippen LogP contribution in [0.1, 0.15) is 29.7 Å². The van der Waals surface area contributed by atoms with Crippen molar-refractivity contribution in [2.75, 3.05) is 7.11 Å². The van der Waals surface area contributed by atoms with Crippen LogP contribution in [0.25, 0.3) is 0 Å². The van der Waals surface area contributed by atoms with Crippen LogP contribution < -0.4 is 10.5 Å². The van der Waals surface area contributed by atoms with Gasteiger partial charge in [0, 0.05) is 0 Å². The van der Waals surface area contributed by atoms with Crippen LogP contribution >= 0.6 is 0 Å². The number of rotatable bonds is 4. The highest BCUT2D eigenvalue weighted by molar-refractivity contribution is 5.37. The van der Waals surface area contributed by atoms with E-state index in [9.17, 15) is 0 Å². The summed E-state index contributed by atoms with van der Waals surface area (Å²) < 4.78 is 5.23. The monoisotopic (exact) mass is 241 g/mol. The van der Waals surface area contributed by atoms with E-state index in [4.69, 9.17) is 10.5 Å². The summed E-state index contributed by atoms with van der Waals surface area (Å²) in [6, 6.07) is 16.3. The van der Waals surface area contributed by atoms with Gasteiger partial charge < -0.3 is 10.5 Å². The summed E-state index contributed by atoms with van der Waals surface area (Å²) in [6.45, 7) is 2.15. The lowest BCUT2D eigenvalue weighted by molar-refractivity contribution is 0.414. The Morgan fingerprint density at radius 2 is 1.72 bits per heavy atom. The second-order valence-electron chi connectivity index (χ2n) is 4.35. The highest BCUT2D eigenvalue weighted by Gasteiger charge is 2.09. The van der Waals surface area contributed by atoms with Gasteiger partial charge >= 0.3 is 0 Å². The van der Waals surface area contributed by atoms with E-state index in [1.165, 1.54) is 5.56 Å². The number of aryl methyl sites for hydroxylation is 1. The molecule has 2 heteroatoms. The molecule has 0 fully saturated rings. The minimum atomic E-state index is -0.105. The fourth-order valence-corrected chi connectivity index (χ4v) is 2.03. The molecule has 2 N–H and O–H groups in total. The lowest BCUT2D eigenvalue weighted by Gasteiger charge is -2.14. The molecule has 0 bridgehead atoms. The summed E-state index contributed by atoms with van der Waals surface area (Å²) in [7, 11) is 1.67. The van der Waals surface area contributed by atoms with E-state index in [2.05, 4.69) is 31.2 Å². The van der Waals surface area contributed by atoms with Crippen LogP contribution in [0.2, 0.25) is 0 Å². The molecule has 0 radical (unpaired) electrons. The van der Waals surface area contributed by atoms with Crippen molar-refractivity contribution in [1.29, 1.82) is 0 Å². The number of ether oxygens (including phenoxy) is 1. The Morgan fingerprint density at radius 3 is 2.39 bits per heavy atom. The molecular formula is C16H19NO. The zero-order valence-electron chi connectivity index (χ0n) is 10.9. The third-order valence-corrected chi connectivity index (χ3v) is 3.17. The first-order valence-electron chi connectivity index (χ1n) is 6.23. The van der Waals surface area contributed by atoms with E-state index >= 15 is 0 Å². The summed E-state index contributed by atoms with van der Waals surface area (Å²) in [5.41, 5.74) is 9.83. The molecule has 2 aromatic rings. The van der Waals surface area contributed by atoms with Crippen LogP contribution in [-0.4, -0.2) is 7.11 Å². The van der Waals surface area contributed by atoms with Gasteiger partial charge in [0.15, 0.2) is 0 Å². The molecule has 1 atom stereocenters. The van der Waals surface area contributed by atoms with Crippen LogP contribution in [0.15, 0.2) is 48.5 Å². The van der Waals surface area contributed by atoms with Crippen molar-refractivity contribution in [3.63, 3.8) is 0 Å². The van der Waals surface area contributed by atoms with Gasteiger partial charge in [0.25, 0.3) is 0 Å². The average Bonchev–Trinajstić information content (AvgIpc) is 2.46. The van der Waals surface area contributed by atoms with Gasteiger partial charge in [-0.3, -0.25) is 0 Å². The van der Waals surface area contributed by atoms with Crippen molar-refractivity contribution in [1.82, 2.24) is 0 Å². The summed E-state index contributed by atoms with van der Waals surface area (Å²) in [5, 5.41) is 0.